The molecule has 0 aromatic carbocycles. The SMILES string of the molecule is CCC[Si](Cl)(Cl)Cl.Cl. The lowest BCUT2D eigenvalue weighted by Crippen LogP contribution is -2.06. The largest absolute Gasteiger partial charge is 0.341 e. The molecular formula is C3H8Cl4Si. The van der Waals surface area contributed by atoms with E-state index in [1.165, 1.54) is 0 Å². The van der Waals surface area contributed by atoms with E-state index in [0.717, 1.165) is 12.5 Å². The summed E-state index contributed by atoms with van der Waals surface area (Å²) in [6.07, 6.45) is 0.975. The lowest BCUT2D eigenvalue weighted by Gasteiger charge is -2.01. The van der Waals surface area contributed by atoms with Crippen LogP contribution in [0.15, 0.2) is 0 Å². The first-order chi connectivity index (χ1) is 3.06. The van der Waals surface area contributed by atoms with Crippen molar-refractivity contribution in [2.75, 3.05) is 0 Å². The summed E-state index contributed by atoms with van der Waals surface area (Å²) in [7, 11) is 0. The molecule has 0 atom stereocenters. The van der Waals surface area contributed by atoms with E-state index in [0.29, 0.717) is 0 Å². The van der Waals surface area contributed by atoms with Crippen molar-refractivity contribution < 1.29 is 0 Å². The van der Waals surface area contributed by atoms with Crippen LogP contribution in [0, 0.1) is 0 Å². The van der Waals surface area contributed by atoms with Crippen molar-refractivity contribution in [1.82, 2.24) is 0 Å². The van der Waals surface area contributed by atoms with Gasteiger partial charge in [-0.05, 0) is 6.04 Å². The highest BCUT2D eigenvalue weighted by Gasteiger charge is 2.22. The van der Waals surface area contributed by atoms with Gasteiger partial charge in [0, 0.05) is 0 Å². The summed E-state index contributed by atoms with van der Waals surface area (Å²) < 4.78 is 0. The molecule has 0 fully saturated rings. The second-order valence-corrected chi connectivity index (χ2v) is 10.6. The van der Waals surface area contributed by atoms with Crippen LogP contribution in [0.1, 0.15) is 13.3 Å². The first-order valence-electron chi connectivity index (χ1n) is 2.13. The molecule has 0 spiro atoms. The summed E-state index contributed by atoms with van der Waals surface area (Å²) in [5.41, 5.74) is 0. The van der Waals surface area contributed by atoms with Crippen LogP contribution < -0.4 is 0 Å². The quantitative estimate of drug-likeness (QED) is 0.487. The molecule has 0 unspecified atom stereocenters. The Morgan fingerprint density at radius 2 is 1.62 bits per heavy atom. The van der Waals surface area contributed by atoms with Crippen molar-refractivity contribution in [3.8, 4) is 0 Å². The lowest BCUT2D eigenvalue weighted by molar-refractivity contribution is 1.07. The van der Waals surface area contributed by atoms with Gasteiger partial charge < -0.3 is 0 Å². The zero-order valence-corrected chi connectivity index (χ0v) is 8.54. The highest BCUT2D eigenvalue weighted by Crippen LogP contribution is 2.25. The number of hydrogen-bond acceptors (Lipinski definition) is 0. The third kappa shape index (κ3) is 10.4. The van der Waals surface area contributed by atoms with E-state index in [9.17, 15) is 0 Å². The van der Waals surface area contributed by atoms with E-state index < -0.39 is 6.00 Å². The zero-order chi connectivity index (χ0) is 5.91. The van der Waals surface area contributed by atoms with Gasteiger partial charge in [-0.25, -0.2) is 0 Å². The fraction of sp³-hybridized carbons (Fsp3) is 1.00. The Hall–Kier alpha value is 1.38. The summed E-state index contributed by atoms with van der Waals surface area (Å²) in [4.78, 5) is 0. The predicted octanol–water partition coefficient (Wildman–Crippen LogP) is 3.47. The predicted molar refractivity (Wildman–Crippen MR) is 45.7 cm³/mol. The van der Waals surface area contributed by atoms with Crippen molar-refractivity contribution in [3.05, 3.63) is 0 Å². The molecule has 0 bridgehead atoms. The summed E-state index contributed by atoms with van der Waals surface area (Å²) in [5, 5.41) is 0. The van der Waals surface area contributed by atoms with E-state index in [-0.39, 0.29) is 12.4 Å². The Kier molecular flexibility index (Phi) is 7.84. The molecule has 0 saturated carbocycles. The standard InChI is InChI=1S/C3H7Cl3Si.ClH/c1-2-3-7(4,5)6;/h2-3H2,1H3;1H. The van der Waals surface area contributed by atoms with Gasteiger partial charge in [0.2, 0.25) is 0 Å². The van der Waals surface area contributed by atoms with Crippen LogP contribution in [0.5, 0.6) is 0 Å². The van der Waals surface area contributed by atoms with Crippen molar-refractivity contribution >= 4 is 51.6 Å². The highest BCUT2D eigenvalue weighted by atomic mass is 35.8. The maximum Gasteiger partial charge on any atom is 0.341 e. The van der Waals surface area contributed by atoms with Gasteiger partial charge in [0.25, 0.3) is 0 Å². The molecule has 0 saturated heterocycles. The zero-order valence-electron chi connectivity index (χ0n) is 4.46. The van der Waals surface area contributed by atoms with Crippen LogP contribution in [-0.4, -0.2) is 6.00 Å². The smallest absolute Gasteiger partial charge is 0.147 e. The molecule has 0 aromatic rings. The van der Waals surface area contributed by atoms with E-state index in [1.54, 1.807) is 0 Å². The minimum absolute atomic E-state index is 0. The van der Waals surface area contributed by atoms with Gasteiger partial charge in [-0.3, -0.25) is 0 Å². The van der Waals surface area contributed by atoms with E-state index in [4.69, 9.17) is 33.2 Å². The minimum atomic E-state index is -2.24. The third-order valence-electron chi connectivity index (χ3n) is 0.533. The van der Waals surface area contributed by atoms with Crippen molar-refractivity contribution in [2.24, 2.45) is 0 Å². The van der Waals surface area contributed by atoms with Crippen LogP contribution in [0.2, 0.25) is 6.04 Å². The monoisotopic (exact) mass is 212 g/mol. The van der Waals surface area contributed by atoms with Crippen molar-refractivity contribution in [2.45, 2.75) is 19.4 Å². The van der Waals surface area contributed by atoms with Gasteiger partial charge >= 0.3 is 6.00 Å². The number of halogens is 4. The fourth-order valence-corrected chi connectivity index (χ4v) is 2.55. The molecule has 0 N–H and O–H groups in total. The maximum atomic E-state index is 5.50. The first-order valence-corrected chi connectivity index (χ1v) is 7.37. The van der Waals surface area contributed by atoms with Crippen LogP contribution in [0.3, 0.4) is 0 Å². The first kappa shape index (κ1) is 12.1. The average Bonchev–Trinajstić information content (AvgIpc) is 1.30. The van der Waals surface area contributed by atoms with Gasteiger partial charge in [0.15, 0.2) is 0 Å². The second kappa shape index (κ2) is 5.18. The highest BCUT2D eigenvalue weighted by molar-refractivity contribution is 7.64. The molecule has 52 valence electrons. The Morgan fingerprint density at radius 3 is 1.62 bits per heavy atom. The fourth-order valence-electron chi connectivity index (χ4n) is 0.283. The molecule has 0 radical (unpaired) electrons. The van der Waals surface area contributed by atoms with Crippen LogP contribution in [0.4, 0.5) is 0 Å². The Balaban J connectivity index is 0. The topological polar surface area (TPSA) is 0 Å². The van der Waals surface area contributed by atoms with Crippen LogP contribution in [0.25, 0.3) is 0 Å². The Morgan fingerprint density at radius 1 is 1.25 bits per heavy atom. The molecule has 0 nitrogen and oxygen atoms in total. The molecule has 8 heavy (non-hydrogen) atoms. The lowest BCUT2D eigenvalue weighted by atomic mass is 10.6. The van der Waals surface area contributed by atoms with Crippen molar-refractivity contribution in [1.29, 1.82) is 0 Å². The normalized spacial score (nSPS) is 10.5. The van der Waals surface area contributed by atoms with Gasteiger partial charge in [0.05, 0.1) is 0 Å². The van der Waals surface area contributed by atoms with Gasteiger partial charge in [0.1, 0.15) is 0 Å². The van der Waals surface area contributed by atoms with Crippen molar-refractivity contribution in [3.63, 3.8) is 0 Å². The average molecular weight is 214 g/mol. The van der Waals surface area contributed by atoms with E-state index >= 15 is 0 Å². The molecule has 0 heterocycles. The summed E-state index contributed by atoms with van der Waals surface area (Å²) in [6.45, 7) is 2.01. The number of hydrogen-bond donors (Lipinski definition) is 0. The summed E-state index contributed by atoms with van der Waals surface area (Å²) in [6, 6.07) is -1.47. The molecular weight excluding hydrogens is 206 g/mol. The maximum absolute atomic E-state index is 5.50. The van der Waals surface area contributed by atoms with Gasteiger partial charge in [-0.15, -0.1) is 45.6 Å². The summed E-state index contributed by atoms with van der Waals surface area (Å²) in [5.74, 6) is 0. The van der Waals surface area contributed by atoms with Gasteiger partial charge in [-0.2, -0.15) is 0 Å². The van der Waals surface area contributed by atoms with E-state index in [2.05, 4.69) is 0 Å². The minimum Gasteiger partial charge on any atom is -0.147 e. The molecule has 0 amide bonds. The summed E-state index contributed by atoms with van der Waals surface area (Å²) >= 11 is 16.5. The third-order valence-corrected chi connectivity index (χ3v) is 3.30. The molecule has 0 aromatic heterocycles. The van der Waals surface area contributed by atoms with Crippen LogP contribution >= 0.6 is 45.6 Å². The molecule has 0 rings (SSSR count). The number of rotatable bonds is 2. The second-order valence-electron chi connectivity index (χ2n) is 1.37. The molecule has 0 aliphatic carbocycles. The molecule has 0 aliphatic rings. The Bertz CT molecular complexity index is 49.7. The molecule has 5 heteroatoms. The molecule has 0 aliphatic heterocycles. The van der Waals surface area contributed by atoms with E-state index in [1.807, 2.05) is 6.92 Å². The van der Waals surface area contributed by atoms with Gasteiger partial charge in [-0.1, -0.05) is 13.3 Å². The van der Waals surface area contributed by atoms with Crippen LogP contribution in [-0.2, 0) is 0 Å². The Labute approximate surface area is 71.0 Å².